The Bertz CT molecular complexity index is 1690. The number of hydrogen-bond donors (Lipinski definition) is 2. The molecule has 6 rings (SSSR count). The summed E-state index contributed by atoms with van der Waals surface area (Å²) in [5, 5.41) is 1.87. The minimum absolute atomic E-state index is 0.109. The number of nitrogens with zero attached hydrogens (tertiary/aromatic N) is 2. The molecule has 268 valence electrons. The van der Waals surface area contributed by atoms with Crippen molar-refractivity contribution in [2.75, 3.05) is 27.3 Å². The third-order valence-electron chi connectivity index (χ3n) is 10.0. The maximum Gasteiger partial charge on any atom is 0.248 e. The summed E-state index contributed by atoms with van der Waals surface area (Å²) in [4.78, 5) is 56.6. The van der Waals surface area contributed by atoms with Gasteiger partial charge in [-0.05, 0) is 87.1 Å². The Hall–Kier alpha value is -4.60. The van der Waals surface area contributed by atoms with Crippen LogP contribution in [0.5, 0.6) is 11.5 Å². The summed E-state index contributed by atoms with van der Waals surface area (Å²) >= 11 is 0. The van der Waals surface area contributed by atoms with Crippen LogP contribution in [-0.2, 0) is 9.59 Å². The lowest BCUT2D eigenvalue weighted by Crippen LogP contribution is -2.38. The first-order chi connectivity index (χ1) is 24.3. The fraction of sp³-hybridized carbons (Fsp3) is 0.500. The summed E-state index contributed by atoms with van der Waals surface area (Å²) in [6.07, 6.45) is 14.5. The molecule has 4 aromatic rings. The maximum atomic E-state index is 12.3. The quantitative estimate of drug-likeness (QED) is 0.156. The summed E-state index contributed by atoms with van der Waals surface area (Å²) in [5.74, 6) is 1.94. The minimum atomic E-state index is -0.109. The molecule has 0 aliphatic heterocycles. The average Bonchev–Trinajstić information content (AvgIpc) is 3.15. The number of fused-ring (bicyclic) bond motifs is 2. The zero-order chi connectivity index (χ0) is 35.3. The first kappa shape index (κ1) is 36.7. The van der Waals surface area contributed by atoms with Gasteiger partial charge in [0.25, 0.3) is 0 Å². The number of amides is 2. The van der Waals surface area contributed by atoms with Gasteiger partial charge in [-0.3, -0.25) is 19.2 Å². The molecule has 2 N–H and O–H groups in total. The number of ether oxygens (including phenoxy) is 2. The molecule has 2 aliphatic rings. The Morgan fingerprint density at radius 1 is 0.600 bits per heavy atom. The number of carbonyl (C=O) groups is 2. The molecule has 2 aliphatic carbocycles. The lowest BCUT2D eigenvalue weighted by Gasteiger charge is -2.31. The minimum Gasteiger partial charge on any atom is -0.494 e. The molecule has 2 heterocycles. The van der Waals surface area contributed by atoms with Crippen molar-refractivity contribution in [3.05, 3.63) is 81.4 Å². The van der Waals surface area contributed by atoms with E-state index in [0.717, 1.165) is 59.0 Å². The molecule has 0 saturated heterocycles. The molecule has 0 unspecified atom stereocenters. The second-order valence-corrected chi connectivity index (χ2v) is 13.6. The van der Waals surface area contributed by atoms with E-state index in [1.165, 1.54) is 50.7 Å². The van der Waals surface area contributed by atoms with Crippen molar-refractivity contribution in [1.82, 2.24) is 19.8 Å². The third kappa shape index (κ3) is 10.7. The van der Waals surface area contributed by atoms with Gasteiger partial charge in [-0.1, -0.05) is 38.5 Å². The molecule has 2 fully saturated rings. The number of pyridine rings is 2. The van der Waals surface area contributed by atoms with Crippen molar-refractivity contribution in [2.24, 2.45) is 0 Å². The van der Waals surface area contributed by atoms with Crippen molar-refractivity contribution in [2.45, 2.75) is 102 Å². The molecule has 10 nitrogen and oxygen atoms in total. The lowest BCUT2D eigenvalue weighted by atomic mass is 9.94. The summed E-state index contributed by atoms with van der Waals surface area (Å²) < 4.78 is 11.5. The van der Waals surface area contributed by atoms with E-state index in [4.69, 9.17) is 9.47 Å². The molecule has 50 heavy (non-hydrogen) atoms. The maximum absolute atomic E-state index is 12.3. The molecule has 2 amide bonds. The summed E-state index contributed by atoms with van der Waals surface area (Å²) in [6, 6.07) is 18.6. The zero-order valence-corrected chi connectivity index (χ0v) is 29.6. The highest BCUT2D eigenvalue weighted by Gasteiger charge is 2.22. The van der Waals surface area contributed by atoms with E-state index in [1.807, 2.05) is 60.3 Å². The van der Waals surface area contributed by atoms with E-state index in [2.05, 4.69) is 9.97 Å². The van der Waals surface area contributed by atoms with Crippen LogP contribution in [0.15, 0.2) is 70.3 Å². The normalized spacial score (nSPS) is 15.2. The molecule has 10 heteroatoms. The topological polar surface area (TPSA) is 125 Å². The van der Waals surface area contributed by atoms with Gasteiger partial charge in [0, 0.05) is 73.0 Å². The fourth-order valence-electron chi connectivity index (χ4n) is 6.97. The van der Waals surface area contributed by atoms with Crippen LogP contribution in [-0.4, -0.2) is 71.0 Å². The summed E-state index contributed by atoms with van der Waals surface area (Å²) in [5.41, 5.74) is 1.37. The number of aromatic amines is 2. The van der Waals surface area contributed by atoms with Crippen LogP contribution in [0.25, 0.3) is 21.8 Å². The number of H-pyrrole nitrogens is 2. The van der Waals surface area contributed by atoms with Crippen LogP contribution in [0, 0.1) is 0 Å². The van der Waals surface area contributed by atoms with Gasteiger partial charge in [0.2, 0.25) is 22.9 Å². The third-order valence-corrected chi connectivity index (χ3v) is 10.0. The first-order valence-electron chi connectivity index (χ1n) is 18.3. The van der Waals surface area contributed by atoms with Crippen molar-refractivity contribution >= 4 is 33.6 Å². The van der Waals surface area contributed by atoms with Crippen LogP contribution < -0.4 is 20.6 Å². The molecular weight excluding hydrogens is 632 g/mol. The number of nitrogens with one attached hydrogen (secondary N) is 2. The average molecular weight is 685 g/mol. The van der Waals surface area contributed by atoms with Crippen LogP contribution in [0.4, 0.5) is 0 Å². The Balaban J connectivity index is 0.000000194. The number of rotatable bonds is 12. The van der Waals surface area contributed by atoms with Crippen molar-refractivity contribution < 1.29 is 19.1 Å². The highest BCUT2D eigenvalue weighted by Crippen LogP contribution is 2.24. The molecule has 0 radical (unpaired) electrons. The lowest BCUT2D eigenvalue weighted by molar-refractivity contribution is -0.133. The molecular formula is C40H52N4O6. The predicted molar refractivity (Wildman–Crippen MR) is 198 cm³/mol. The van der Waals surface area contributed by atoms with E-state index < -0.39 is 0 Å². The van der Waals surface area contributed by atoms with Crippen LogP contribution in [0.1, 0.15) is 89.9 Å². The van der Waals surface area contributed by atoms with Gasteiger partial charge in [-0.25, -0.2) is 0 Å². The van der Waals surface area contributed by atoms with Gasteiger partial charge in [-0.2, -0.15) is 0 Å². The van der Waals surface area contributed by atoms with E-state index in [-0.39, 0.29) is 22.9 Å². The monoisotopic (exact) mass is 684 g/mol. The van der Waals surface area contributed by atoms with Crippen molar-refractivity contribution in [3.8, 4) is 11.5 Å². The molecule has 0 bridgehead atoms. The molecule has 0 spiro atoms. The number of aromatic nitrogens is 2. The fourth-order valence-corrected chi connectivity index (χ4v) is 6.97. The Kier molecular flexibility index (Phi) is 13.5. The van der Waals surface area contributed by atoms with Gasteiger partial charge >= 0.3 is 0 Å². The molecule has 2 aromatic carbocycles. The highest BCUT2D eigenvalue weighted by atomic mass is 16.5. The second-order valence-electron chi connectivity index (χ2n) is 13.6. The number of benzene rings is 2. The van der Waals surface area contributed by atoms with E-state index >= 15 is 0 Å². The van der Waals surface area contributed by atoms with Gasteiger partial charge in [0.1, 0.15) is 11.5 Å². The molecule has 2 saturated carbocycles. The smallest absolute Gasteiger partial charge is 0.248 e. The van der Waals surface area contributed by atoms with E-state index in [9.17, 15) is 19.2 Å². The van der Waals surface area contributed by atoms with Gasteiger partial charge in [-0.15, -0.1) is 0 Å². The van der Waals surface area contributed by atoms with E-state index in [0.29, 0.717) is 51.0 Å². The van der Waals surface area contributed by atoms with Crippen LogP contribution in [0.3, 0.4) is 0 Å². The SMILES string of the molecule is CN(C(=O)CCCOc1ccc2[nH]c(=O)ccc2c1)C1CCCCC1.CN(C(=O)CCCOc1ccc2[nH]c(=O)ccc2c1)C1CCCCC1. The van der Waals surface area contributed by atoms with Crippen LogP contribution in [0.2, 0.25) is 0 Å². The Morgan fingerprint density at radius 2 is 1.00 bits per heavy atom. The largest absolute Gasteiger partial charge is 0.494 e. The van der Waals surface area contributed by atoms with Crippen molar-refractivity contribution in [1.29, 1.82) is 0 Å². The standard InChI is InChI=1S/2C20H26N2O3/c2*1-22(16-6-3-2-4-7-16)20(24)8-5-13-25-17-10-11-18-15(14-17)9-12-19(23)21-18/h2*9-12,14,16H,2-8,13H2,1H3,(H,21,23). The Morgan fingerprint density at radius 3 is 1.40 bits per heavy atom. The number of carbonyl (C=O) groups excluding carboxylic acids is 2. The van der Waals surface area contributed by atoms with Gasteiger partial charge in [0.15, 0.2) is 0 Å². The first-order valence-corrected chi connectivity index (χ1v) is 18.3. The van der Waals surface area contributed by atoms with Crippen molar-refractivity contribution in [3.63, 3.8) is 0 Å². The number of hydrogen-bond acceptors (Lipinski definition) is 6. The van der Waals surface area contributed by atoms with Gasteiger partial charge < -0.3 is 29.2 Å². The summed E-state index contributed by atoms with van der Waals surface area (Å²) in [7, 11) is 3.87. The highest BCUT2D eigenvalue weighted by molar-refractivity contribution is 5.80. The second kappa shape index (κ2) is 18.4. The zero-order valence-electron chi connectivity index (χ0n) is 29.6. The molecule has 2 aromatic heterocycles. The Labute approximate surface area is 294 Å². The van der Waals surface area contributed by atoms with Crippen LogP contribution >= 0.6 is 0 Å². The van der Waals surface area contributed by atoms with Gasteiger partial charge in [0.05, 0.1) is 13.2 Å². The predicted octanol–water partition coefficient (Wildman–Crippen LogP) is 6.96. The molecule has 0 atom stereocenters. The van der Waals surface area contributed by atoms with E-state index in [1.54, 1.807) is 12.1 Å². The summed E-state index contributed by atoms with van der Waals surface area (Å²) in [6.45, 7) is 1.03.